The summed E-state index contributed by atoms with van der Waals surface area (Å²) in [6.45, 7) is 7.96. The summed E-state index contributed by atoms with van der Waals surface area (Å²) >= 11 is 0. The van der Waals surface area contributed by atoms with Crippen molar-refractivity contribution >= 4 is 5.82 Å². The number of nitrogens with zero attached hydrogens (tertiary/aromatic N) is 6. The third-order valence-corrected chi connectivity index (χ3v) is 2.63. The van der Waals surface area contributed by atoms with Crippen LogP contribution in [0.4, 0.5) is 5.82 Å². The van der Waals surface area contributed by atoms with Crippen LogP contribution in [0.2, 0.25) is 0 Å². The van der Waals surface area contributed by atoms with Crippen molar-refractivity contribution in [3.05, 3.63) is 42.0 Å². The second kappa shape index (κ2) is 6.18. The van der Waals surface area contributed by atoms with E-state index >= 15 is 0 Å². The summed E-state index contributed by atoms with van der Waals surface area (Å²) in [6.07, 6.45) is 5.61. The monoisotopic (exact) mass is 270 g/mol. The van der Waals surface area contributed by atoms with Crippen LogP contribution in [0, 0.1) is 6.92 Å². The SMILES string of the molecule is CC(C)=CC(C)N=Nc1ccc(-n2ccnc2C)nn1. The molecule has 104 valence electrons. The number of hydrogen-bond donors (Lipinski definition) is 0. The molecule has 0 spiro atoms. The molecule has 0 aliphatic carbocycles. The zero-order valence-corrected chi connectivity index (χ0v) is 12.1. The van der Waals surface area contributed by atoms with Crippen molar-refractivity contribution in [3.63, 3.8) is 0 Å². The molecule has 0 aliphatic rings. The molecule has 2 heterocycles. The van der Waals surface area contributed by atoms with Gasteiger partial charge in [0, 0.05) is 12.4 Å². The number of aromatic nitrogens is 4. The van der Waals surface area contributed by atoms with Gasteiger partial charge in [0.25, 0.3) is 0 Å². The van der Waals surface area contributed by atoms with E-state index in [1.54, 1.807) is 12.3 Å². The van der Waals surface area contributed by atoms with Crippen LogP contribution in [0.3, 0.4) is 0 Å². The highest BCUT2D eigenvalue weighted by molar-refractivity contribution is 5.31. The molecule has 1 unspecified atom stereocenters. The van der Waals surface area contributed by atoms with E-state index in [0.29, 0.717) is 5.82 Å². The van der Waals surface area contributed by atoms with Crippen LogP contribution >= 0.6 is 0 Å². The topological polar surface area (TPSA) is 68.3 Å². The summed E-state index contributed by atoms with van der Waals surface area (Å²) < 4.78 is 1.86. The molecule has 2 aromatic rings. The first-order valence-electron chi connectivity index (χ1n) is 6.46. The molecule has 6 nitrogen and oxygen atoms in total. The maximum Gasteiger partial charge on any atom is 0.196 e. The molecule has 6 heteroatoms. The lowest BCUT2D eigenvalue weighted by Crippen LogP contribution is -1.99. The average molecular weight is 270 g/mol. The molecular weight excluding hydrogens is 252 g/mol. The first kappa shape index (κ1) is 14.0. The number of allylic oxidation sites excluding steroid dienone is 1. The molecule has 0 fully saturated rings. The zero-order chi connectivity index (χ0) is 14.5. The molecule has 0 aliphatic heterocycles. The third kappa shape index (κ3) is 3.57. The van der Waals surface area contributed by atoms with Gasteiger partial charge in [-0.3, -0.25) is 4.57 Å². The summed E-state index contributed by atoms with van der Waals surface area (Å²) in [5, 5.41) is 16.4. The Bertz CT molecular complexity index is 619. The molecule has 0 radical (unpaired) electrons. The zero-order valence-electron chi connectivity index (χ0n) is 12.1. The maximum absolute atomic E-state index is 4.17. The van der Waals surface area contributed by atoms with Crippen LogP contribution in [0.15, 0.2) is 46.4 Å². The molecule has 2 rings (SSSR count). The first-order chi connectivity index (χ1) is 9.56. The number of imidazole rings is 1. The molecule has 0 aromatic carbocycles. The predicted molar refractivity (Wildman–Crippen MR) is 77.3 cm³/mol. The van der Waals surface area contributed by atoms with Crippen molar-refractivity contribution in [2.24, 2.45) is 10.2 Å². The average Bonchev–Trinajstić information content (AvgIpc) is 2.82. The van der Waals surface area contributed by atoms with E-state index in [9.17, 15) is 0 Å². The minimum Gasteiger partial charge on any atom is -0.287 e. The highest BCUT2D eigenvalue weighted by Gasteiger charge is 2.02. The fourth-order valence-corrected chi connectivity index (χ4v) is 1.79. The minimum absolute atomic E-state index is 0.0392. The standard InChI is InChI=1S/C14H18N6/c1-10(2)9-11(3)16-17-13-5-6-14(19-18-13)20-8-7-15-12(20)4/h5-9,11H,1-4H3. The van der Waals surface area contributed by atoms with E-state index < -0.39 is 0 Å². The Kier molecular flexibility index (Phi) is 4.34. The van der Waals surface area contributed by atoms with Gasteiger partial charge in [0.1, 0.15) is 5.82 Å². The normalized spacial score (nSPS) is 12.6. The van der Waals surface area contributed by atoms with Crippen molar-refractivity contribution in [1.82, 2.24) is 19.7 Å². The van der Waals surface area contributed by atoms with Crippen molar-refractivity contribution in [3.8, 4) is 5.82 Å². The van der Waals surface area contributed by atoms with Gasteiger partial charge in [0.2, 0.25) is 0 Å². The molecular formula is C14H18N6. The Morgan fingerprint density at radius 3 is 2.65 bits per heavy atom. The number of hydrogen-bond acceptors (Lipinski definition) is 5. The van der Waals surface area contributed by atoms with E-state index in [1.165, 1.54) is 5.57 Å². The fourth-order valence-electron chi connectivity index (χ4n) is 1.79. The van der Waals surface area contributed by atoms with Gasteiger partial charge in [-0.2, -0.15) is 5.11 Å². The van der Waals surface area contributed by atoms with Gasteiger partial charge in [0.15, 0.2) is 11.6 Å². The van der Waals surface area contributed by atoms with E-state index in [0.717, 1.165) is 11.6 Å². The fraction of sp³-hybridized carbons (Fsp3) is 0.357. The lowest BCUT2D eigenvalue weighted by Gasteiger charge is -2.02. The maximum atomic E-state index is 4.17. The summed E-state index contributed by atoms with van der Waals surface area (Å²) in [5.41, 5.74) is 1.22. The van der Waals surface area contributed by atoms with Crippen molar-refractivity contribution in [2.75, 3.05) is 0 Å². The van der Waals surface area contributed by atoms with Crippen molar-refractivity contribution in [2.45, 2.75) is 33.7 Å². The molecule has 20 heavy (non-hydrogen) atoms. The van der Waals surface area contributed by atoms with E-state index in [4.69, 9.17) is 0 Å². The van der Waals surface area contributed by atoms with Gasteiger partial charge in [-0.25, -0.2) is 4.98 Å². The Balaban J connectivity index is 2.11. The van der Waals surface area contributed by atoms with Crippen LogP contribution in [0.1, 0.15) is 26.6 Å². The minimum atomic E-state index is 0.0392. The van der Waals surface area contributed by atoms with E-state index in [1.807, 2.05) is 50.6 Å². The summed E-state index contributed by atoms with van der Waals surface area (Å²) in [4.78, 5) is 4.15. The Morgan fingerprint density at radius 1 is 1.30 bits per heavy atom. The van der Waals surface area contributed by atoms with Gasteiger partial charge in [-0.15, -0.1) is 15.3 Å². The van der Waals surface area contributed by atoms with Crippen molar-refractivity contribution in [1.29, 1.82) is 0 Å². The predicted octanol–water partition coefficient (Wildman–Crippen LogP) is 3.41. The number of aryl methyl sites for hydroxylation is 1. The van der Waals surface area contributed by atoms with Gasteiger partial charge in [-0.1, -0.05) is 11.6 Å². The van der Waals surface area contributed by atoms with E-state index in [2.05, 4.69) is 25.4 Å². The Hall–Kier alpha value is -2.37. The highest BCUT2D eigenvalue weighted by Crippen LogP contribution is 2.12. The second-order valence-electron chi connectivity index (χ2n) is 4.79. The third-order valence-electron chi connectivity index (χ3n) is 2.63. The van der Waals surface area contributed by atoms with Gasteiger partial charge < -0.3 is 0 Å². The largest absolute Gasteiger partial charge is 0.287 e. The summed E-state index contributed by atoms with van der Waals surface area (Å²) in [7, 11) is 0. The molecule has 0 amide bonds. The number of azo groups is 1. The van der Waals surface area contributed by atoms with Crippen LogP contribution in [-0.2, 0) is 0 Å². The van der Waals surface area contributed by atoms with Crippen LogP contribution < -0.4 is 0 Å². The second-order valence-corrected chi connectivity index (χ2v) is 4.79. The quantitative estimate of drug-likeness (QED) is 0.631. The summed E-state index contributed by atoms with van der Waals surface area (Å²) in [6, 6.07) is 3.68. The van der Waals surface area contributed by atoms with Crippen LogP contribution in [-0.4, -0.2) is 25.8 Å². The molecule has 0 N–H and O–H groups in total. The molecule has 0 saturated heterocycles. The smallest absolute Gasteiger partial charge is 0.196 e. The lowest BCUT2D eigenvalue weighted by molar-refractivity contribution is 0.823. The Morgan fingerprint density at radius 2 is 2.10 bits per heavy atom. The molecule has 2 aromatic heterocycles. The molecule has 0 saturated carbocycles. The molecule has 0 bridgehead atoms. The van der Waals surface area contributed by atoms with Crippen LogP contribution in [0.25, 0.3) is 5.82 Å². The van der Waals surface area contributed by atoms with Crippen LogP contribution in [0.5, 0.6) is 0 Å². The lowest BCUT2D eigenvalue weighted by atomic mass is 10.2. The van der Waals surface area contributed by atoms with E-state index in [-0.39, 0.29) is 6.04 Å². The van der Waals surface area contributed by atoms with Gasteiger partial charge >= 0.3 is 0 Å². The Labute approximate surface area is 118 Å². The molecule has 1 atom stereocenters. The van der Waals surface area contributed by atoms with Crippen molar-refractivity contribution < 1.29 is 0 Å². The summed E-state index contributed by atoms with van der Waals surface area (Å²) in [5.74, 6) is 2.09. The van der Waals surface area contributed by atoms with Gasteiger partial charge in [-0.05, 0) is 39.8 Å². The van der Waals surface area contributed by atoms with Gasteiger partial charge in [0.05, 0.1) is 6.04 Å². The first-order valence-corrected chi connectivity index (χ1v) is 6.46. The number of rotatable bonds is 4. The highest BCUT2D eigenvalue weighted by atomic mass is 15.3.